The van der Waals surface area contributed by atoms with Gasteiger partial charge in [-0.3, -0.25) is 9.79 Å². The molecule has 0 unspecified atom stereocenters. The summed E-state index contributed by atoms with van der Waals surface area (Å²) >= 11 is 0. The number of nitrogens with zero attached hydrogens (tertiary/aromatic N) is 2. The Morgan fingerprint density at radius 3 is 2.48 bits per heavy atom. The number of halogens is 1. The van der Waals surface area contributed by atoms with Crippen molar-refractivity contribution in [2.75, 3.05) is 32.7 Å². The number of hydrogen-bond acceptors (Lipinski definition) is 2. The van der Waals surface area contributed by atoms with E-state index in [9.17, 15) is 4.79 Å². The maximum absolute atomic E-state index is 11.7. The Labute approximate surface area is 181 Å². The first-order chi connectivity index (χ1) is 12.7. The minimum absolute atomic E-state index is 0. The Bertz CT molecular complexity index is 557. The topological polar surface area (TPSA) is 56.7 Å². The molecule has 2 N–H and O–H groups in total. The molecule has 1 aromatic rings. The smallest absolute Gasteiger partial charge is 0.221 e. The van der Waals surface area contributed by atoms with Crippen LogP contribution in [0.5, 0.6) is 0 Å². The highest BCUT2D eigenvalue weighted by Gasteiger charge is 2.21. The number of nitrogens with one attached hydrogen (secondary N) is 2. The summed E-state index contributed by atoms with van der Waals surface area (Å²) in [7, 11) is 0. The van der Waals surface area contributed by atoms with Gasteiger partial charge >= 0.3 is 0 Å². The summed E-state index contributed by atoms with van der Waals surface area (Å²) in [5.74, 6) is 1.79. The van der Waals surface area contributed by atoms with E-state index in [-0.39, 0.29) is 29.9 Å². The fourth-order valence-corrected chi connectivity index (χ4v) is 3.34. The summed E-state index contributed by atoms with van der Waals surface area (Å²) in [5, 5.41) is 6.28. The number of amides is 1. The van der Waals surface area contributed by atoms with E-state index in [0.717, 1.165) is 44.5 Å². The number of carbonyl (C=O) groups is 1. The lowest BCUT2D eigenvalue weighted by Gasteiger charge is -2.34. The van der Waals surface area contributed by atoms with Gasteiger partial charge in [-0.25, -0.2) is 0 Å². The number of piperidine rings is 1. The van der Waals surface area contributed by atoms with Crippen LogP contribution < -0.4 is 10.6 Å². The zero-order valence-corrected chi connectivity index (χ0v) is 19.1. The highest BCUT2D eigenvalue weighted by Crippen LogP contribution is 2.21. The van der Waals surface area contributed by atoms with Crippen LogP contribution in [-0.4, -0.2) is 49.5 Å². The van der Waals surface area contributed by atoms with Crippen LogP contribution in [0.15, 0.2) is 35.3 Å². The molecule has 152 valence electrons. The van der Waals surface area contributed by atoms with Gasteiger partial charge in [-0.05, 0) is 44.1 Å². The van der Waals surface area contributed by atoms with Gasteiger partial charge < -0.3 is 15.5 Å². The van der Waals surface area contributed by atoms with E-state index >= 15 is 0 Å². The predicted octanol–water partition coefficient (Wildman–Crippen LogP) is 3.44. The molecule has 27 heavy (non-hydrogen) atoms. The summed E-state index contributed by atoms with van der Waals surface area (Å²) in [5.41, 5.74) is 1.43. The summed E-state index contributed by atoms with van der Waals surface area (Å²) in [6.07, 6.45) is 4.97. The van der Waals surface area contributed by atoms with Crippen molar-refractivity contribution >= 4 is 35.8 Å². The first-order valence-corrected chi connectivity index (χ1v) is 10.1. The molecule has 5 nitrogen and oxygen atoms in total. The molecular weight excluding hydrogens is 451 g/mol. The van der Waals surface area contributed by atoms with Crippen molar-refractivity contribution in [3.63, 3.8) is 0 Å². The van der Waals surface area contributed by atoms with Crippen LogP contribution in [0.4, 0.5) is 0 Å². The van der Waals surface area contributed by atoms with E-state index in [1.165, 1.54) is 24.8 Å². The third-order valence-corrected chi connectivity index (χ3v) is 4.79. The van der Waals surface area contributed by atoms with Gasteiger partial charge in [0.05, 0.1) is 6.54 Å². The average Bonchev–Trinajstić information content (AvgIpc) is 2.67. The molecule has 1 fully saturated rings. The van der Waals surface area contributed by atoms with Gasteiger partial charge in [0, 0.05) is 32.6 Å². The molecule has 0 bridgehead atoms. The van der Waals surface area contributed by atoms with Crippen LogP contribution in [0, 0.1) is 5.92 Å². The van der Waals surface area contributed by atoms with Crippen molar-refractivity contribution in [3.8, 4) is 0 Å². The van der Waals surface area contributed by atoms with Crippen LogP contribution >= 0.6 is 24.0 Å². The van der Waals surface area contributed by atoms with Crippen LogP contribution in [0.2, 0.25) is 0 Å². The van der Waals surface area contributed by atoms with Gasteiger partial charge in [-0.15, -0.1) is 24.0 Å². The molecule has 2 rings (SSSR count). The van der Waals surface area contributed by atoms with E-state index in [0.29, 0.717) is 13.0 Å². The number of benzene rings is 1. The zero-order valence-electron chi connectivity index (χ0n) is 16.7. The summed E-state index contributed by atoms with van der Waals surface area (Å²) < 4.78 is 0. The number of hydrogen-bond donors (Lipinski definition) is 2. The Morgan fingerprint density at radius 2 is 1.85 bits per heavy atom. The van der Waals surface area contributed by atoms with Crippen LogP contribution in [0.25, 0.3) is 0 Å². The fourth-order valence-electron chi connectivity index (χ4n) is 3.34. The molecule has 1 aliphatic heterocycles. The Balaban J connectivity index is 0.00000364. The Morgan fingerprint density at radius 1 is 1.15 bits per heavy atom. The van der Waals surface area contributed by atoms with Gasteiger partial charge in [0.25, 0.3) is 0 Å². The van der Waals surface area contributed by atoms with Gasteiger partial charge in [0.1, 0.15) is 0 Å². The first-order valence-electron chi connectivity index (χ1n) is 10.1. The van der Waals surface area contributed by atoms with E-state index in [4.69, 9.17) is 0 Å². The number of guanidine groups is 1. The maximum Gasteiger partial charge on any atom is 0.221 e. The molecule has 6 heteroatoms. The predicted molar refractivity (Wildman–Crippen MR) is 124 cm³/mol. The fraction of sp³-hybridized carbons (Fsp3) is 0.619. The third-order valence-electron chi connectivity index (χ3n) is 4.79. The zero-order chi connectivity index (χ0) is 18.6. The minimum atomic E-state index is 0. The minimum Gasteiger partial charge on any atom is -0.357 e. The van der Waals surface area contributed by atoms with E-state index in [2.05, 4.69) is 64.7 Å². The van der Waals surface area contributed by atoms with E-state index in [1.54, 1.807) is 0 Å². The van der Waals surface area contributed by atoms with Crippen molar-refractivity contribution in [1.82, 2.24) is 15.5 Å². The molecular formula is C21H35IN4O. The van der Waals surface area contributed by atoms with Crippen molar-refractivity contribution < 1.29 is 4.79 Å². The summed E-state index contributed by atoms with van der Waals surface area (Å²) in [6, 6.07) is 10.8. The normalized spacial score (nSPS) is 15.2. The molecule has 1 aromatic carbocycles. The van der Waals surface area contributed by atoms with E-state index in [1.807, 2.05) is 0 Å². The lowest BCUT2D eigenvalue weighted by molar-refractivity contribution is -0.120. The van der Waals surface area contributed by atoms with Gasteiger partial charge in [-0.1, -0.05) is 37.3 Å². The van der Waals surface area contributed by atoms with Gasteiger partial charge in [-0.2, -0.15) is 0 Å². The molecule has 0 radical (unpaired) electrons. The first kappa shape index (κ1) is 23.7. The van der Waals surface area contributed by atoms with Gasteiger partial charge in [0.2, 0.25) is 5.91 Å². The molecule has 0 aliphatic carbocycles. The van der Waals surface area contributed by atoms with Crippen molar-refractivity contribution in [2.45, 2.75) is 46.0 Å². The second-order valence-corrected chi connectivity index (χ2v) is 6.96. The molecule has 0 saturated carbocycles. The number of rotatable bonds is 8. The quantitative estimate of drug-likeness (QED) is 0.336. The Hall–Kier alpha value is -1.31. The third kappa shape index (κ3) is 8.95. The van der Waals surface area contributed by atoms with Crippen molar-refractivity contribution in [2.24, 2.45) is 10.9 Å². The molecule has 0 atom stereocenters. The summed E-state index contributed by atoms with van der Waals surface area (Å²) in [6.45, 7) is 8.36. The summed E-state index contributed by atoms with van der Waals surface area (Å²) in [4.78, 5) is 18.7. The largest absolute Gasteiger partial charge is 0.357 e. The van der Waals surface area contributed by atoms with E-state index < -0.39 is 0 Å². The van der Waals surface area contributed by atoms with Gasteiger partial charge in [0.15, 0.2) is 5.96 Å². The number of aliphatic imine (C=N–C) groups is 1. The van der Waals surface area contributed by atoms with Crippen LogP contribution in [0.3, 0.4) is 0 Å². The second-order valence-electron chi connectivity index (χ2n) is 6.96. The second kappa shape index (κ2) is 13.8. The highest BCUT2D eigenvalue weighted by molar-refractivity contribution is 14.0. The molecule has 0 spiro atoms. The molecule has 1 amide bonds. The molecule has 1 aliphatic rings. The molecule has 1 heterocycles. The number of likely N-dealkylation sites (tertiary alicyclic amines) is 1. The van der Waals surface area contributed by atoms with Crippen LogP contribution in [-0.2, 0) is 11.2 Å². The number of carbonyl (C=O) groups excluding carboxylic acids is 1. The lowest BCUT2D eigenvalue weighted by Crippen LogP contribution is -2.46. The lowest BCUT2D eigenvalue weighted by atomic mass is 9.90. The SMILES string of the molecule is CCCNC(=O)CCN=C(NCC)N1CCC(Cc2ccccc2)CC1.I. The molecule has 1 saturated heterocycles. The monoisotopic (exact) mass is 486 g/mol. The molecule has 0 aromatic heterocycles. The average molecular weight is 486 g/mol. The Kier molecular flexibility index (Phi) is 12.1. The van der Waals surface area contributed by atoms with Crippen molar-refractivity contribution in [1.29, 1.82) is 0 Å². The van der Waals surface area contributed by atoms with Crippen molar-refractivity contribution in [3.05, 3.63) is 35.9 Å². The highest BCUT2D eigenvalue weighted by atomic mass is 127. The van der Waals surface area contributed by atoms with Crippen LogP contribution in [0.1, 0.15) is 45.1 Å². The standard InChI is InChI=1S/C21H34N4O.HI/c1-3-13-23-20(26)10-14-24-21(22-4-2)25-15-11-19(12-16-25)17-18-8-6-5-7-9-18;/h5-9,19H,3-4,10-17H2,1-2H3,(H,22,24)(H,23,26);1H. The maximum atomic E-state index is 11.7.